The summed E-state index contributed by atoms with van der Waals surface area (Å²) < 4.78 is 25.8. The molecule has 0 aromatic heterocycles. The molecular weight excluding hydrogens is 312 g/mol. The van der Waals surface area contributed by atoms with E-state index in [4.69, 9.17) is 0 Å². The lowest BCUT2D eigenvalue weighted by Gasteiger charge is -2.25. The number of carbonyl (C=O) groups is 1. The van der Waals surface area contributed by atoms with Crippen LogP contribution in [0.2, 0.25) is 0 Å². The van der Waals surface area contributed by atoms with Crippen LogP contribution < -0.4 is 5.32 Å². The molecule has 0 fully saturated rings. The zero-order valence-corrected chi connectivity index (χ0v) is 13.7. The largest absolute Gasteiger partial charge is 0.384 e. The number of hydrogen-bond donors (Lipinski definition) is 2. The van der Waals surface area contributed by atoms with E-state index >= 15 is 0 Å². The van der Waals surface area contributed by atoms with Gasteiger partial charge in [0, 0.05) is 5.92 Å². The molecule has 2 atom stereocenters. The van der Waals surface area contributed by atoms with Crippen LogP contribution in [0.3, 0.4) is 0 Å². The number of halogens is 2. The molecule has 128 valence electrons. The molecule has 2 aromatic rings. The third kappa shape index (κ3) is 4.86. The third-order valence-electron chi connectivity index (χ3n) is 3.98. The lowest BCUT2D eigenvalue weighted by Crippen LogP contribution is -2.41. The van der Waals surface area contributed by atoms with E-state index in [9.17, 15) is 18.7 Å². The van der Waals surface area contributed by atoms with Crippen LogP contribution in [0, 0.1) is 17.6 Å². The fourth-order valence-corrected chi connectivity index (χ4v) is 2.41. The summed E-state index contributed by atoms with van der Waals surface area (Å²) in [5.74, 6) is -1.22. The third-order valence-corrected chi connectivity index (χ3v) is 3.98. The first-order valence-electron chi connectivity index (χ1n) is 7.78. The highest BCUT2D eigenvalue weighted by molar-refractivity contribution is 5.78. The van der Waals surface area contributed by atoms with Crippen molar-refractivity contribution < 1.29 is 18.7 Å². The van der Waals surface area contributed by atoms with Gasteiger partial charge in [-0.2, -0.15) is 0 Å². The van der Waals surface area contributed by atoms with Crippen LogP contribution in [-0.2, 0) is 16.8 Å². The molecule has 5 heteroatoms. The van der Waals surface area contributed by atoms with Crippen LogP contribution in [0.1, 0.15) is 25.0 Å². The maximum absolute atomic E-state index is 13.0. The molecule has 0 spiro atoms. The Morgan fingerprint density at radius 1 is 1.08 bits per heavy atom. The van der Waals surface area contributed by atoms with Gasteiger partial charge in [0.15, 0.2) is 0 Å². The van der Waals surface area contributed by atoms with E-state index in [1.807, 2.05) is 0 Å². The van der Waals surface area contributed by atoms with Crippen molar-refractivity contribution in [1.29, 1.82) is 0 Å². The van der Waals surface area contributed by atoms with E-state index in [1.54, 1.807) is 26.0 Å². The Bertz CT molecular complexity index is 682. The molecule has 0 aliphatic carbocycles. The second-order valence-electron chi connectivity index (χ2n) is 6.23. The highest BCUT2D eigenvalue weighted by Crippen LogP contribution is 2.20. The molecule has 0 bridgehead atoms. The van der Waals surface area contributed by atoms with Gasteiger partial charge in [0.1, 0.15) is 17.2 Å². The molecule has 0 radical (unpaired) electrons. The predicted octanol–water partition coefficient (Wildman–Crippen LogP) is 3.17. The van der Waals surface area contributed by atoms with E-state index in [2.05, 4.69) is 5.32 Å². The number of benzene rings is 2. The Kier molecular flexibility index (Phi) is 5.67. The second kappa shape index (κ2) is 7.53. The molecule has 24 heavy (non-hydrogen) atoms. The second-order valence-corrected chi connectivity index (χ2v) is 6.23. The van der Waals surface area contributed by atoms with Gasteiger partial charge in [0.2, 0.25) is 5.91 Å². The van der Waals surface area contributed by atoms with Crippen molar-refractivity contribution in [2.75, 3.05) is 6.54 Å². The molecule has 3 nitrogen and oxygen atoms in total. The minimum atomic E-state index is -1.29. The van der Waals surface area contributed by atoms with Gasteiger partial charge in [-0.25, -0.2) is 8.78 Å². The first-order chi connectivity index (χ1) is 11.3. The Morgan fingerprint density at radius 2 is 1.58 bits per heavy atom. The molecular formula is C19H21F2NO2. The van der Waals surface area contributed by atoms with Crippen molar-refractivity contribution in [1.82, 2.24) is 5.32 Å². The van der Waals surface area contributed by atoms with Gasteiger partial charge < -0.3 is 10.4 Å². The zero-order chi connectivity index (χ0) is 17.7. The highest BCUT2D eigenvalue weighted by Gasteiger charge is 2.25. The minimum absolute atomic E-state index is 0.0191. The van der Waals surface area contributed by atoms with Gasteiger partial charge >= 0.3 is 0 Å². The van der Waals surface area contributed by atoms with Crippen LogP contribution >= 0.6 is 0 Å². The SMILES string of the molecule is CC(Cc1ccc(F)cc1)C(=O)NCC(C)(O)c1ccc(F)cc1. The zero-order valence-electron chi connectivity index (χ0n) is 13.7. The van der Waals surface area contributed by atoms with Crippen molar-refractivity contribution in [3.05, 3.63) is 71.3 Å². The first-order valence-corrected chi connectivity index (χ1v) is 7.78. The molecule has 2 unspecified atom stereocenters. The van der Waals surface area contributed by atoms with Crippen molar-refractivity contribution in [2.45, 2.75) is 25.9 Å². The molecule has 2 N–H and O–H groups in total. The lowest BCUT2D eigenvalue weighted by molar-refractivity contribution is -0.125. The maximum atomic E-state index is 13.0. The average molecular weight is 333 g/mol. The fraction of sp³-hybridized carbons (Fsp3) is 0.316. The van der Waals surface area contributed by atoms with Crippen molar-refractivity contribution in [3.63, 3.8) is 0 Å². The van der Waals surface area contributed by atoms with Crippen LogP contribution in [0.25, 0.3) is 0 Å². The Morgan fingerprint density at radius 3 is 2.12 bits per heavy atom. The normalized spacial score (nSPS) is 14.7. The Labute approximate surface area is 140 Å². The molecule has 0 heterocycles. The predicted molar refractivity (Wildman–Crippen MR) is 88.2 cm³/mol. The van der Waals surface area contributed by atoms with Crippen LogP contribution in [0.5, 0.6) is 0 Å². The van der Waals surface area contributed by atoms with Gasteiger partial charge in [-0.05, 0) is 48.7 Å². The van der Waals surface area contributed by atoms with Crippen LogP contribution in [0.15, 0.2) is 48.5 Å². The summed E-state index contributed by atoms with van der Waals surface area (Å²) in [5, 5.41) is 13.2. The number of aliphatic hydroxyl groups is 1. The summed E-state index contributed by atoms with van der Waals surface area (Å²) in [6, 6.07) is 11.5. The summed E-state index contributed by atoms with van der Waals surface area (Å²) in [4.78, 5) is 12.2. The monoisotopic (exact) mass is 333 g/mol. The number of hydrogen-bond acceptors (Lipinski definition) is 2. The topological polar surface area (TPSA) is 49.3 Å². The molecule has 1 amide bonds. The van der Waals surface area contributed by atoms with E-state index in [0.717, 1.165) is 5.56 Å². The van der Waals surface area contributed by atoms with Gasteiger partial charge in [-0.1, -0.05) is 31.2 Å². The molecule has 0 saturated heterocycles. The highest BCUT2D eigenvalue weighted by atomic mass is 19.1. The molecule has 0 aliphatic heterocycles. The standard InChI is InChI=1S/C19H21F2NO2/c1-13(11-14-3-7-16(20)8-4-14)18(23)22-12-19(2,24)15-5-9-17(21)10-6-15/h3-10,13,24H,11-12H2,1-2H3,(H,22,23). The summed E-state index contributed by atoms with van der Waals surface area (Å²) in [7, 11) is 0. The summed E-state index contributed by atoms with van der Waals surface area (Å²) in [5.41, 5.74) is 0.0959. The molecule has 0 saturated carbocycles. The van der Waals surface area contributed by atoms with Crippen molar-refractivity contribution in [2.24, 2.45) is 5.92 Å². The number of amides is 1. The molecule has 0 aliphatic rings. The van der Waals surface area contributed by atoms with E-state index < -0.39 is 5.60 Å². The molecule has 2 aromatic carbocycles. The fourth-order valence-electron chi connectivity index (χ4n) is 2.41. The van der Waals surface area contributed by atoms with Gasteiger partial charge in [0.25, 0.3) is 0 Å². The van der Waals surface area contributed by atoms with E-state index in [0.29, 0.717) is 12.0 Å². The molecule has 2 rings (SSSR count). The van der Waals surface area contributed by atoms with E-state index in [-0.39, 0.29) is 30.0 Å². The van der Waals surface area contributed by atoms with Crippen molar-refractivity contribution in [3.8, 4) is 0 Å². The summed E-state index contributed by atoms with van der Waals surface area (Å²) in [6.45, 7) is 3.35. The van der Waals surface area contributed by atoms with Crippen LogP contribution in [-0.4, -0.2) is 17.6 Å². The van der Waals surface area contributed by atoms with E-state index in [1.165, 1.54) is 36.4 Å². The smallest absolute Gasteiger partial charge is 0.223 e. The number of carbonyl (C=O) groups excluding carboxylic acids is 1. The first kappa shape index (κ1) is 18.1. The minimum Gasteiger partial charge on any atom is -0.384 e. The van der Waals surface area contributed by atoms with Crippen LogP contribution in [0.4, 0.5) is 8.78 Å². The average Bonchev–Trinajstić information content (AvgIpc) is 2.55. The Balaban J connectivity index is 1.91. The summed E-state index contributed by atoms with van der Waals surface area (Å²) >= 11 is 0. The Hall–Kier alpha value is -2.27. The number of rotatable bonds is 6. The van der Waals surface area contributed by atoms with Gasteiger partial charge in [0.05, 0.1) is 6.54 Å². The van der Waals surface area contributed by atoms with Gasteiger partial charge in [-0.15, -0.1) is 0 Å². The maximum Gasteiger partial charge on any atom is 0.223 e. The van der Waals surface area contributed by atoms with Crippen molar-refractivity contribution >= 4 is 5.91 Å². The quantitative estimate of drug-likeness (QED) is 0.853. The summed E-state index contributed by atoms with van der Waals surface area (Å²) in [6.07, 6.45) is 0.477. The lowest BCUT2D eigenvalue weighted by atomic mass is 9.95. The number of nitrogens with one attached hydrogen (secondary N) is 1. The van der Waals surface area contributed by atoms with Gasteiger partial charge in [-0.3, -0.25) is 4.79 Å².